The minimum atomic E-state index is -0.857. The van der Waals surface area contributed by atoms with E-state index in [1.165, 1.54) is 19.1 Å². The van der Waals surface area contributed by atoms with E-state index in [-0.39, 0.29) is 17.4 Å². The number of Topliss-reactive ketones (excluding diaryl/α,β-unsaturated/α-hetero) is 1. The van der Waals surface area contributed by atoms with E-state index in [2.05, 4.69) is 6.92 Å². The van der Waals surface area contributed by atoms with E-state index in [1.807, 2.05) is 45.0 Å². The molecule has 3 aromatic carbocycles. The van der Waals surface area contributed by atoms with Crippen LogP contribution >= 0.6 is 0 Å². The maximum atomic E-state index is 13.5. The van der Waals surface area contributed by atoms with Crippen molar-refractivity contribution in [1.29, 1.82) is 0 Å². The lowest BCUT2D eigenvalue weighted by atomic mass is 9.93. The van der Waals surface area contributed by atoms with Gasteiger partial charge in [0.1, 0.15) is 23.0 Å². The number of amides is 1. The van der Waals surface area contributed by atoms with E-state index in [4.69, 9.17) is 14.2 Å². The Morgan fingerprint density at radius 2 is 1.58 bits per heavy atom. The summed E-state index contributed by atoms with van der Waals surface area (Å²) >= 11 is 0. The van der Waals surface area contributed by atoms with Crippen molar-refractivity contribution in [3.63, 3.8) is 0 Å². The van der Waals surface area contributed by atoms with Gasteiger partial charge in [0.2, 0.25) is 0 Å². The zero-order chi connectivity index (χ0) is 27.6. The third-order valence-corrected chi connectivity index (χ3v) is 6.57. The molecular weight excluding hydrogens is 482 g/mol. The molecule has 0 aliphatic carbocycles. The van der Waals surface area contributed by atoms with Crippen molar-refractivity contribution in [2.24, 2.45) is 0 Å². The summed E-state index contributed by atoms with van der Waals surface area (Å²) in [6.45, 7) is 7.80. The number of carbonyl (C=O) groups is 2. The first kappa shape index (κ1) is 26.8. The van der Waals surface area contributed by atoms with Gasteiger partial charge >= 0.3 is 0 Å². The molecule has 1 unspecified atom stereocenters. The van der Waals surface area contributed by atoms with Crippen LogP contribution in [0.3, 0.4) is 0 Å². The predicted octanol–water partition coefficient (Wildman–Crippen LogP) is 5.99. The monoisotopic (exact) mass is 515 g/mol. The molecule has 1 N–H and O–H groups in total. The van der Waals surface area contributed by atoms with Crippen LogP contribution in [0.5, 0.6) is 17.2 Å². The van der Waals surface area contributed by atoms with E-state index in [0.29, 0.717) is 34.1 Å². The van der Waals surface area contributed by atoms with Crippen LogP contribution in [-0.2, 0) is 16.0 Å². The van der Waals surface area contributed by atoms with Crippen molar-refractivity contribution in [3.05, 3.63) is 88.5 Å². The van der Waals surface area contributed by atoms with Gasteiger partial charge in [0.05, 0.1) is 37.6 Å². The first-order chi connectivity index (χ1) is 18.2. The Morgan fingerprint density at radius 3 is 2.11 bits per heavy atom. The standard InChI is InChI=1S/C31H33NO6/c1-7-20-8-10-21(11-9-20)28-27(29(33)22-12-13-26(19(4)14-22)38-18(2)3)30(34)31(35)32(28)23-15-24(36-5)17-25(16-23)37-6/h8-18,28,33H,7H2,1-6H3/b29-27+. The summed E-state index contributed by atoms with van der Waals surface area (Å²) in [6.07, 6.45) is 0.835. The zero-order valence-electron chi connectivity index (χ0n) is 22.6. The Morgan fingerprint density at radius 1 is 0.947 bits per heavy atom. The van der Waals surface area contributed by atoms with Gasteiger partial charge in [0.15, 0.2) is 0 Å². The average Bonchev–Trinajstić information content (AvgIpc) is 3.18. The molecule has 1 aliphatic heterocycles. The van der Waals surface area contributed by atoms with Gasteiger partial charge < -0.3 is 19.3 Å². The summed E-state index contributed by atoms with van der Waals surface area (Å²) in [5.41, 5.74) is 3.47. The molecule has 1 saturated heterocycles. The maximum Gasteiger partial charge on any atom is 0.300 e. The summed E-state index contributed by atoms with van der Waals surface area (Å²) in [6, 6.07) is 17.1. The molecule has 0 spiro atoms. The van der Waals surface area contributed by atoms with Crippen molar-refractivity contribution >= 4 is 23.1 Å². The number of rotatable bonds is 8. The van der Waals surface area contributed by atoms with Crippen molar-refractivity contribution < 1.29 is 28.9 Å². The van der Waals surface area contributed by atoms with Crippen LogP contribution in [-0.4, -0.2) is 37.1 Å². The van der Waals surface area contributed by atoms with Crippen molar-refractivity contribution in [3.8, 4) is 17.2 Å². The van der Waals surface area contributed by atoms with E-state index in [1.54, 1.807) is 36.4 Å². The van der Waals surface area contributed by atoms with Crippen molar-refractivity contribution in [2.45, 2.75) is 46.3 Å². The number of ketones is 1. The topological polar surface area (TPSA) is 85.3 Å². The summed E-state index contributed by atoms with van der Waals surface area (Å²) in [5.74, 6) is -0.135. The first-order valence-corrected chi connectivity index (χ1v) is 12.6. The molecule has 3 aromatic rings. The number of aryl methyl sites for hydroxylation is 2. The molecule has 1 fully saturated rings. The van der Waals surface area contributed by atoms with E-state index >= 15 is 0 Å². The highest BCUT2D eigenvalue weighted by Crippen LogP contribution is 2.44. The molecule has 1 atom stereocenters. The molecule has 7 heteroatoms. The Hall–Kier alpha value is -4.26. The third kappa shape index (κ3) is 5.09. The lowest BCUT2D eigenvalue weighted by Gasteiger charge is -2.26. The Labute approximate surface area is 223 Å². The normalized spacial score (nSPS) is 16.7. The van der Waals surface area contributed by atoms with Gasteiger partial charge in [-0.15, -0.1) is 0 Å². The fourth-order valence-corrected chi connectivity index (χ4v) is 4.62. The maximum absolute atomic E-state index is 13.5. The highest BCUT2D eigenvalue weighted by Gasteiger charge is 2.47. The molecule has 0 aromatic heterocycles. The summed E-state index contributed by atoms with van der Waals surface area (Å²) in [4.78, 5) is 28.4. The number of carbonyl (C=O) groups excluding carboxylic acids is 2. The van der Waals surface area contributed by atoms with Crippen LogP contribution in [0.25, 0.3) is 5.76 Å². The summed E-state index contributed by atoms with van der Waals surface area (Å²) in [7, 11) is 3.03. The number of anilines is 1. The highest BCUT2D eigenvalue weighted by molar-refractivity contribution is 6.51. The fraction of sp³-hybridized carbons (Fsp3) is 0.290. The molecule has 0 bridgehead atoms. The van der Waals surface area contributed by atoms with Crippen LogP contribution in [0.1, 0.15) is 49.1 Å². The van der Waals surface area contributed by atoms with Crippen LogP contribution in [0.2, 0.25) is 0 Å². The van der Waals surface area contributed by atoms with Gasteiger partial charge in [-0.2, -0.15) is 0 Å². The van der Waals surface area contributed by atoms with Gasteiger partial charge in [-0.25, -0.2) is 0 Å². The van der Waals surface area contributed by atoms with Gasteiger partial charge in [-0.1, -0.05) is 31.2 Å². The van der Waals surface area contributed by atoms with Gasteiger partial charge in [-0.05, 0) is 62.1 Å². The predicted molar refractivity (Wildman–Crippen MR) is 147 cm³/mol. The molecule has 4 rings (SSSR count). The van der Waals surface area contributed by atoms with Crippen LogP contribution in [0.15, 0.2) is 66.2 Å². The lowest BCUT2D eigenvalue weighted by molar-refractivity contribution is -0.132. The minimum Gasteiger partial charge on any atom is -0.507 e. The zero-order valence-corrected chi connectivity index (χ0v) is 22.6. The first-order valence-electron chi connectivity index (χ1n) is 12.6. The molecule has 1 aliphatic rings. The number of nitrogens with zero attached hydrogens (tertiary/aromatic N) is 1. The quantitative estimate of drug-likeness (QED) is 0.225. The van der Waals surface area contributed by atoms with E-state index in [0.717, 1.165) is 17.5 Å². The number of methoxy groups -OCH3 is 2. The molecule has 7 nitrogen and oxygen atoms in total. The number of ether oxygens (including phenoxy) is 3. The van der Waals surface area contributed by atoms with Crippen molar-refractivity contribution in [2.75, 3.05) is 19.1 Å². The SMILES string of the molecule is CCc1ccc(C2/C(=C(\O)c3ccc(OC(C)C)c(C)c3)C(=O)C(=O)N2c2cc(OC)cc(OC)c2)cc1. The smallest absolute Gasteiger partial charge is 0.300 e. The number of benzene rings is 3. The number of hydrogen-bond donors (Lipinski definition) is 1. The lowest BCUT2D eigenvalue weighted by Crippen LogP contribution is -2.29. The third-order valence-electron chi connectivity index (χ3n) is 6.57. The molecule has 38 heavy (non-hydrogen) atoms. The van der Waals surface area contributed by atoms with Crippen LogP contribution in [0, 0.1) is 6.92 Å². The number of aliphatic hydroxyl groups is 1. The molecular formula is C31H33NO6. The molecule has 1 heterocycles. The number of aliphatic hydroxyl groups excluding tert-OH is 1. The van der Waals surface area contributed by atoms with Crippen LogP contribution < -0.4 is 19.1 Å². The second kappa shape index (κ2) is 11.0. The molecule has 0 saturated carbocycles. The van der Waals surface area contributed by atoms with Crippen LogP contribution in [0.4, 0.5) is 5.69 Å². The summed E-state index contributed by atoms with van der Waals surface area (Å²) < 4.78 is 16.6. The van der Waals surface area contributed by atoms with Gasteiger partial charge in [0.25, 0.3) is 11.7 Å². The Bertz CT molecular complexity index is 1370. The summed E-state index contributed by atoms with van der Waals surface area (Å²) in [5, 5.41) is 11.5. The molecule has 0 radical (unpaired) electrons. The Balaban J connectivity index is 1.92. The van der Waals surface area contributed by atoms with Gasteiger partial charge in [0, 0.05) is 23.8 Å². The minimum absolute atomic E-state index is 0.00980. The molecule has 1 amide bonds. The second-order valence-corrected chi connectivity index (χ2v) is 9.48. The van der Waals surface area contributed by atoms with Crippen molar-refractivity contribution in [1.82, 2.24) is 0 Å². The number of hydrogen-bond acceptors (Lipinski definition) is 6. The van der Waals surface area contributed by atoms with Gasteiger partial charge in [-0.3, -0.25) is 14.5 Å². The van der Waals surface area contributed by atoms with E-state index < -0.39 is 17.7 Å². The molecule has 198 valence electrons. The average molecular weight is 516 g/mol. The fourth-order valence-electron chi connectivity index (χ4n) is 4.62. The highest BCUT2D eigenvalue weighted by atomic mass is 16.5. The second-order valence-electron chi connectivity index (χ2n) is 9.48. The Kier molecular flexibility index (Phi) is 7.76. The van der Waals surface area contributed by atoms with E-state index in [9.17, 15) is 14.7 Å². The largest absolute Gasteiger partial charge is 0.507 e.